The highest BCUT2D eigenvalue weighted by Gasteiger charge is 2.24. The number of nitrogens with zero attached hydrogens (tertiary/aromatic N) is 1. The summed E-state index contributed by atoms with van der Waals surface area (Å²) >= 11 is 0. The number of sulfone groups is 1. The van der Waals surface area contributed by atoms with Crippen LogP contribution in [0.1, 0.15) is 26.3 Å². The van der Waals surface area contributed by atoms with Gasteiger partial charge in [-0.05, 0) is 29.8 Å². The number of ether oxygens (including phenoxy) is 2. The molecule has 0 aliphatic carbocycles. The molecule has 142 valence electrons. The molecule has 0 radical (unpaired) electrons. The molecule has 2 aromatic rings. The number of hydrogen-bond acceptors (Lipinski definition) is 8. The molecule has 0 saturated carbocycles. The number of hydrogen-bond donors (Lipinski definition) is 0. The lowest BCUT2D eigenvalue weighted by molar-refractivity contribution is -0.387. The van der Waals surface area contributed by atoms with E-state index >= 15 is 0 Å². The predicted molar refractivity (Wildman–Crippen MR) is 93.1 cm³/mol. The topological polar surface area (TPSA) is 130 Å². The van der Waals surface area contributed by atoms with E-state index in [9.17, 15) is 28.1 Å². The Morgan fingerprint density at radius 2 is 1.74 bits per heavy atom. The molecule has 2 aromatic carbocycles. The number of carbonyl (C=O) groups is 2. The van der Waals surface area contributed by atoms with Crippen molar-refractivity contribution in [3.05, 3.63) is 69.3 Å². The van der Waals surface area contributed by atoms with E-state index in [1.165, 1.54) is 19.2 Å². The molecule has 0 amide bonds. The molecular formula is C17H15NO8S. The molecule has 0 atom stereocenters. The maximum atomic E-state index is 12.1. The highest BCUT2D eigenvalue weighted by molar-refractivity contribution is 7.90. The van der Waals surface area contributed by atoms with E-state index in [-0.39, 0.29) is 17.7 Å². The Labute approximate surface area is 154 Å². The number of carbonyl (C=O) groups excluding carboxylic acids is 2. The van der Waals surface area contributed by atoms with Crippen LogP contribution >= 0.6 is 0 Å². The first-order valence-electron chi connectivity index (χ1n) is 7.46. The zero-order chi connectivity index (χ0) is 20.2. The van der Waals surface area contributed by atoms with Gasteiger partial charge in [-0.2, -0.15) is 0 Å². The first kappa shape index (κ1) is 20.0. The van der Waals surface area contributed by atoms with Gasteiger partial charge < -0.3 is 9.47 Å². The third-order valence-corrected chi connectivity index (χ3v) is 4.65. The van der Waals surface area contributed by atoms with Crippen molar-refractivity contribution < 1.29 is 32.4 Å². The van der Waals surface area contributed by atoms with Crippen molar-refractivity contribution in [2.75, 3.05) is 13.4 Å². The van der Waals surface area contributed by atoms with Gasteiger partial charge >= 0.3 is 11.9 Å². The van der Waals surface area contributed by atoms with E-state index in [1.807, 2.05) is 0 Å². The van der Waals surface area contributed by atoms with E-state index in [0.717, 1.165) is 24.5 Å². The van der Waals surface area contributed by atoms with E-state index in [1.54, 1.807) is 12.1 Å². The molecule has 0 heterocycles. The number of benzene rings is 2. The largest absolute Gasteiger partial charge is 0.465 e. The Bertz CT molecular complexity index is 1010. The maximum absolute atomic E-state index is 12.1. The van der Waals surface area contributed by atoms with Crippen LogP contribution in [0.15, 0.2) is 47.4 Å². The third-order valence-electron chi connectivity index (χ3n) is 3.51. The average Bonchev–Trinajstić information content (AvgIpc) is 2.64. The molecule has 0 bridgehead atoms. The van der Waals surface area contributed by atoms with E-state index in [4.69, 9.17) is 4.74 Å². The molecule has 0 unspecified atom stereocenters. The van der Waals surface area contributed by atoms with Crippen molar-refractivity contribution in [3.63, 3.8) is 0 Å². The highest BCUT2D eigenvalue weighted by atomic mass is 32.2. The molecule has 0 aromatic heterocycles. The fourth-order valence-corrected chi connectivity index (χ4v) is 3.07. The molecule has 0 aliphatic heterocycles. The van der Waals surface area contributed by atoms with Crippen molar-refractivity contribution in [3.8, 4) is 0 Å². The smallest absolute Gasteiger partial charge is 0.338 e. The first-order chi connectivity index (χ1) is 12.6. The molecule has 0 fully saturated rings. The van der Waals surface area contributed by atoms with Gasteiger partial charge in [0.05, 0.1) is 23.2 Å². The number of methoxy groups -OCH3 is 1. The lowest BCUT2D eigenvalue weighted by Gasteiger charge is -2.07. The average molecular weight is 393 g/mol. The summed E-state index contributed by atoms with van der Waals surface area (Å²) in [6.45, 7) is -0.189. The molecule has 0 aliphatic rings. The van der Waals surface area contributed by atoms with Crippen molar-refractivity contribution in [1.82, 2.24) is 0 Å². The van der Waals surface area contributed by atoms with Crippen molar-refractivity contribution in [1.29, 1.82) is 0 Å². The maximum Gasteiger partial charge on any atom is 0.338 e. The van der Waals surface area contributed by atoms with E-state index in [2.05, 4.69) is 4.74 Å². The Kier molecular flexibility index (Phi) is 5.91. The van der Waals surface area contributed by atoms with Crippen LogP contribution in [0.2, 0.25) is 0 Å². The van der Waals surface area contributed by atoms with Gasteiger partial charge in [0.25, 0.3) is 5.69 Å². The summed E-state index contributed by atoms with van der Waals surface area (Å²) in [4.78, 5) is 33.4. The molecule has 0 spiro atoms. The Hall–Kier alpha value is -3.27. The molecule has 27 heavy (non-hydrogen) atoms. The first-order valence-corrected chi connectivity index (χ1v) is 9.35. The van der Waals surface area contributed by atoms with Crippen molar-refractivity contribution in [2.24, 2.45) is 0 Å². The summed E-state index contributed by atoms with van der Waals surface area (Å²) in [5.74, 6) is -1.42. The monoisotopic (exact) mass is 393 g/mol. The Balaban J connectivity index is 2.21. The van der Waals surface area contributed by atoms with Crippen LogP contribution in [0, 0.1) is 10.1 Å². The van der Waals surface area contributed by atoms with Crippen molar-refractivity contribution >= 4 is 27.5 Å². The predicted octanol–water partition coefficient (Wildman–Crippen LogP) is 2.14. The van der Waals surface area contributed by atoms with Crippen LogP contribution in [-0.4, -0.2) is 38.6 Å². The van der Waals surface area contributed by atoms with Gasteiger partial charge in [0, 0.05) is 12.3 Å². The second kappa shape index (κ2) is 7.96. The molecule has 10 heteroatoms. The summed E-state index contributed by atoms with van der Waals surface area (Å²) in [5, 5.41) is 11.1. The van der Waals surface area contributed by atoms with Crippen LogP contribution in [0.4, 0.5) is 5.69 Å². The molecule has 2 rings (SSSR count). The SMILES string of the molecule is COC(=O)c1cccc(COC(=O)c2ccc(S(C)(=O)=O)c([N+](=O)[O-])c2)c1. The minimum Gasteiger partial charge on any atom is -0.465 e. The van der Waals surface area contributed by atoms with E-state index in [0.29, 0.717) is 5.56 Å². The van der Waals surface area contributed by atoms with Crippen molar-refractivity contribution in [2.45, 2.75) is 11.5 Å². The van der Waals surface area contributed by atoms with Gasteiger partial charge in [-0.15, -0.1) is 0 Å². The minimum atomic E-state index is -3.83. The summed E-state index contributed by atoms with van der Waals surface area (Å²) in [6.07, 6.45) is 0.835. The van der Waals surface area contributed by atoms with Crippen LogP contribution in [-0.2, 0) is 25.9 Å². The molecular weight excluding hydrogens is 378 g/mol. The minimum absolute atomic E-state index is 0.168. The zero-order valence-electron chi connectivity index (χ0n) is 14.4. The summed E-state index contributed by atoms with van der Waals surface area (Å²) < 4.78 is 32.9. The molecule has 0 saturated heterocycles. The van der Waals surface area contributed by atoms with Gasteiger partial charge in [-0.1, -0.05) is 12.1 Å². The van der Waals surface area contributed by atoms with Gasteiger partial charge in [0.1, 0.15) is 11.5 Å². The normalized spacial score (nSPS) is 10.9. The number of rotatable bonds is 6. The fourth-order valence-electron chi connectivity index (χ4n) is 2.24. The lowest BCUT2D eigenvalue weighted by atomic mass is 10.1. The number of nitro groups is 1. The number of nitro benzene ring substituents is 1. The van der Waals surface area contributed by atoms with Crippen LogP contribution in [0.5, 0.6) is 0 Å². The second-order valence-electron chi connectivity index (χ2n) is 5.48. The Morgan fingerprint density at radius 1 is 1.07 bits per heavy atom. The van der Waals surface area contributed by atoms with Gasteiger partial charge in [-0.25, -0.2) is 18.0 Å². The van der Waals surface area contributed by atoms with Gasteiger partial charge in [0.2, 0.25) is 0 Å². The van der Waals surface area contributed by atoms with Gasteiger partial charge in [-0.3, -0.25) is 10.1 Å². The van der Waals surface area contributed by atoms with E-state index < -0.39 is 37.3 Å². The Morgan fingerprint density at radius 3 is 2.33 bits per heavy atom. The van der Waals surface area contributed by atoms with Crippen LogP contribution in [0.3, 0.4) is 0 Å². The fraction of sp³-hybridized carbons (Fsp3) is 0.176. The van der Waals surface area contributed by atoms with Gasteiger partial charge in [0.15, 0.2) is 9.84 Å². The standard InChI is InChI=1S/C17H15NO8S/c1-25-16(19)12-5-3-4-11(8-12)10-26-17(20)13-6-7-15(27(2,23)24)14(9-13)18(21)22/h3-9H,10H2,1-2H3. The number of esters is 2. The van der Waals surface area contributed by atoms with Crippen LogP contribution in [0.25, 0.3) is 0 Å². The molecule has 0 N–H and O–H groups in total. The quantitative estimate of drug-likeness (QED) is 0.414. The zero-order valence-corrected chi connectivity index (χ0v) is 15.2. The summed E-state index contributed by atoms with van der Waals surface area (Å²) in [5.41, 5.74) is -0.0921. The summed E-state index contributed by atoms with van der Waals surface area (Å²) in [7, 11) is -2.59. The molecule has 9 nitrogen and oxygen atoms in total. The lowest BCUT2D eigenvalue weighted by Crippen LogP contribution is -2.09. The highest BCUT2D eigenvalue weighted by Crippen LogP contribution is 2.25. The summed E-state index contributed by atoms with van der Waals surface area (Å²) in [6, 6.07) is 9.19. The second-order valence-corrected chi connectivity index (χ2v) is 7.46. The third kappa shape index (κ3) is 4.88. The van der Waals surface area contributed by atoms with Crippen LogP contribution < -0.4 is 0 Å².